The summed E-state index contributed by atoms with van der Waals surface area (Å²) in [5.74, 6) is -3.83. The van der Waals surface area contributed by atoms with Crippen molar-refractivity contribution in [3.8, 4) is 22.6 Å². The van der Waals surface area contributed by atoms with E-state index in [1.807, 2.05) is 6.92 Å². The fraction of sp³-hybridized carbons (Fsp3) is 0.207. The number of hydrogen-bond acceptors (Lipinski definition) is 8. The SMILES string of the molecule is C=CCNc1nccc(-c2[nH]c(C3(c4ccc(C(N)=O)cc4C(=O)O)OCC(C)CO3)nc2-c2ccc(F)cc2)n1. The van der Waals surface area contributed by atoms with Gasteiger partial charge in [-0.25, -0.2) is 24.1 Å². The maximum atomic E-state index is 13.8. The van der Waals surface area contributed by atoms with E-state index in [-0.39, 0.29) is 41.6 Å². The monoisotopic (exact) mass is 558 g/mol. The highest BCUT2D eigenvalue weighted by Gasteiger charge is 2.46. The van der Waals surface area contributed by atoms with Crippen molar-refractivity contribution >= 4 is 17.8 Å². The molecule has 210 valence electrons. The molecule has 0 saturated carbocycles. The van der Waals surface area contributed by atoms with Gasteiger partial charge in [-0.1, -0.05) is 19.1 Å². The highest BCUT2D eigenvalue weighted by molar-refractivity contribution is 5.97. The maximum absolute atomic E-state index is 13.8. The molecule has 5 N–H and O–H groups in total. The molecule has 12 heteroatoms. The van der Waals surface area contributed by atoms with Crippen LogP contribution < -0.4 is 11.1 Å². The summed E-state index contributed by atoms with van der Waals surface area (Å²) in [6.07, 6.45) is 3.24. The number of H-pyrrole nitrogens is 1. The summed E-state index contributed by atoms with van der Waals surface area (Å²) in [5, 5.41) is 13.1. The van der Waals surface area contributed by atoms with Crippen LogP contribution in [-0.4, -0.2) is 56.7 Å². The molecular formula is C29H27FN6O5. The first-order valence-electron chi connectivity index (χ1n) is 12.7. The Morgan fingerprint density at radius 1 is 1.20 bits per heavy atom. The van der Waals surface area contributed by atoms with Gasteiger partial charge in [0.1, 0.15) is 5.82 Å². The van der Waals surface area contributed by atoms with Crippen LogP contribution in [0.15, 0.2) is 67.4 Å². The van der Waals surface area contributed by atoms with Gasteiger partial charge in [0.15, 0.2) is 5.82 Å². The van der Waals surface area contributed by atoms with Crippen LogP contribution in [0.4, 0.5) is 10.3 Å². The number of nitrogens with zero attached hydrogens (tertiary/aromatic N) is 3. The van der Waals surface area contributed by atoms with Crippen molar-refractivity contribution < 1.29 is 28.6 Å². The summed E-state index contributed by atoms with van der Waals surface area (Å²) in [7, 11) is 0. The van der Waals surface area contributed by atoms with E-state index in [9.17, 15) is 19.1 Å². The zero-order valence-corrected chi connectivity index (χ0v) is 22.1. The molecule has 3 heterocycles. The molecule has 0 spiro atoms. The number of carbonyl (C=O) groups excluding carboxylic acids is 1. The van der Waals surface area contributed by atoms with Crippen molar-refractivity contribution in [2.24, 2.45) is 11.7 Å². The van der Waals surface area contributed by atoms with E-state index in [2.05, 4.69) is 26.8 Å². The lowest BCUT2D eigenvalue weighted by Gasteiger charge is -2.38. The summed E-state index contributed by atoms with van der Waals surface area (Å²) >= 11 is 0. The second-order valence-corrected chi connectivity index (χ2v) is 9.52. The molecule has 1 aliphatic rings. The van der Waals surface area contributed by atoms with Crippen molar-refractivity contribution in [2.75, 3.05) is 25.1 Å². The number of aromatic nitrogens is 4. The highest BCUT2D eigenvalue weighted by atomic mass is 19.1. The van der Waals surface area contributed by atoms with Crippen LogP contribution in [0.2, 0.25) is 0 Å². The average molecular weight is 559 g/mol. The van der Waals surface area contributed by atoms with Gasteiger partial charge in [-0.3, -0.25) is 4.79 Å². The van der Waals surface area contributed by atoms with Gasteiger partial charge < -0.3 is 30.6 Å². The molecule has 0 aliphatic carbocycles. The fourth-order valence-electron chi connectivity index (χ4n) is 4.47. The Bertz CT molecular complexity index is 1610. The minimum Gasteiger partial charge on any atom is -0.478 e. The quantitative estimate of drug-likeness (QED) is 0.223. The van der Waals surface area contributed by atoms with E-state index in [0.29, 0.717) is 35.1 Å². The largest absolute Gasteiger partial charge is 0.478 e. The molecule has 0 atom stereocenters. The van der Waals surface area contributed by atoms with Crippen LogP contribution in [0.1, 0.15) is 39.0 Å². The molecule has 0 bridgehead atoms. The number of carboxylic acids is 1. The van der Waals surface area contributed by atoms with Gasteiger partial charge in [0.05, 0.1) is 35.9 Å². The smallest absolute Gasteiger partial charge is 0.336 e. The number of carboxylic acid groups (broad SMARTS) is 1. The van der Waals surface area contributed by atoms with Crippen molar-refractivity contribution in [1.29, 1.82) is 0 Å². The molecule has 0 radical (unpaired) electrons. The van der Waals surface area contributed by atoms with Crippen molar-refractivity contribution in [3.63, 3.8) is 0 Å². The average Bonchev–Trinajstić information content (AvgIpc) is 3.43. The van der Waals surface area contributed by atoms with Crippen LogP contribution in [0, 0.1) is 11.7 Å². The van der Waals surface area contributed by atoms with Crippen LogP contribution >= 0.6 is 0 Å². The Kier molecular flexibility index (Phi) is 7.60. The van der Waals surface area contributed by atoms with Crippen molar-refractivity contribution in [2.45, 2.75) is 12.7 Å². The molecule has 11 nitrogen and oxygen atoms in total. The van der Waals surface area contributed by atoms with Gasteiger partial charge >= 0.3 is 5.97 Å². The lowest BCUT2D eigenvalue weighted by molar-refractivity contribution is -0.269. The van der Waals surface area contributed by atoms with E-state index in [1.54, 1.807) is 30.5 Å². The fourth-order valence-corrected chi connectivity index (χ4v) is 4.47. The van der Waals surface area contributed by atoms with E-state index in [1.165, 1.54) is 30.3 Å². The minimum atomic E-state index is -1.79. The van der Waals surface area contributed by atoms with Crippen LogP contribution in [-0.2, 0) is 15.3 Å². The molecule has 5 rings (SSSR count). The molecule has 4 aromatic rings. The Morgan fingerprint density at radius 3 is 2.59 bits per heavy atom. The van der Waals surface area contributed by atoms with Crippen molar-refractivity contribution in [1.82, 2.24) is 19.9 Å². The standard InChI is InChI=1S/C29H27FN6O5/c1-3-11-32-28-33-12-10-22(34-28)24-23(17-4-7-19(30)8-5-17)35-27(36-24)29(40-14-16(2)15-41-29)21-9-6-18(25(31)37)13-20(21)26(38)39/h3-10,12-13,16H,1,11,14-15H2,2H3,(H2,31,37)(H,35,36)(H,38,39)(H,32,33,34). The molecule has 1 saturated heterocycles. The van der Waals surface area contributed by atoms with Crippen LogP contribution in [0.25, 0.3) is 22.6 Å². The molecular weight excluding hydrogens is 531 g/mol. The number of benzene rings is 2. The van der Waals surface area contributed by atoms with Gasteiger partial charge in [-0.15, -0.1) is 6.58 Å². The summed E-state index contributed by atoms with van der Waals surface area (Å²) in [6.45, 7) is 6.50. The van der Waals surface area contributed by atoms with Gasteiger partial charge in [-0.05, 0) is 42.5 Å². The number of anilines is 1. The van der Waals surface area contributed by atoms with Gasteiger partial charge in [0.2, 0.25) is 11.9 Å². The second kappa shape index (κ2) is 11.3. The predicted octanol–water partition coefficient (Wildman–Crippen LogP) is 3.95. The summed E-state index contributed by atoms with van der Waals surface area (Å²) < 4.78 is 26.4. The summed E-state index contributed by atoms with van der Waals surface area (Å²) in [5.41, 5.74) is 7.14. The number of halogens is 1. The number of aromatic amines is 1. The first kappa shape index (κ1) is 27.6. The summed E-state index contributed by atoms with van der Waals surface area (Å²) in [4.78, 5) is 41.1. The Labute approximate surface area is 234 Å². The first-order valence-corrected chi connectivity index (χ1v) is 12.7. The molecule has 1 fully saturated rings. The molecule has 1 amide bonds. The number of aromatic carboxylic acids is 1. The zero-order valence-electron chi connectivity index (χ0n) is 22.1. The maximum Gasteiger partial charge on any atom is 0.336 e. The number of amides is 1. The zero-order chi connectivity index (χ0) is 29.1. The van der Waals surface area contributed by atoms with Crippen LogP contribution in [0.3, 0.4) is 0 Å². The predicted molar refractivity (Wildman–Crippen MR) is 147 cm³/mol. The molecule has 1 aliphatic heterocycles. The normalized spacial score (nSPS) is 18.5. The number of ether oxygens (including phenoxy) is 2. The van der Waals surface area contributed by atoms with Crippen LogP contribution in [0.5, 0.6) is 0 Å². The Hall–Kier alpha value is -4.94. The molecule has 2 aromatic heterocycles. The topological polar surface area (TPSA) is 165 Å². The third kappa shape index (κ3) is 5.42. The number of nitrogens with two attached hydrogens (primary N) is 1. The first-order chi connectivity index (χ1) is 19.7. The minimum absolute atomic E-state index is 0.00709. The third-order valence-corrected chi connectivity index (χ3v) is 6.48. The van der Waals surface area contributed by atoms with E-state index in [4.69, 9.17) is 20.2 Å². The Morgan fingerprint density at radius 2 is 1.93 bits per heavy atom. The number of primary amides is 1. The molecule has 41 heavy (non-hydrogen) atoms. The number of nitrogens with one attached hydrogen (secondary N) is 2. The lowest BCUT2D eigenvalue weighted by Crippen LogP contribution is -2.44. The van der Waals surface area contributed by atoms with E-state index < -0.39 is 23.5 Å². The Balaban J connectivity index is 1.74. The number of carbonyl (C=O) groups is 2. The third-order valence-electron chi connectivity index (χ3n) is 6.48. The van der Waals surface area contributed by atoms with Gasteiger partial charge in [0.25, 0.3) is 5.79 Å². The number of imidazole rings is 1. The highest BCUT2D eigenvalue weighted by Crippen LogP contribution is 2.42. The second-order valence-electron chi connectivity index (χ2n) is 9.52. The van der Waals surface area contributed by atoms with E-state index in [0.717, 1.165) is 0 Å². The summed E-state index contributed by atoms with van der Waals surface area (Å²) in [6, 6.07) is 11.4. The number of rotatable bonds is 9. The van der Waals surface area contributed by atoms with Crippen molar-refractivity contribution in [3.05, 3.63) is 95.7 Å². The van der Waals surface area contributed by atoms with Gasteiger partial charge in [0, 0.05) is 35.3 Å². The lowest BCUT2D eigenvalue weighted by atomic mass is 9.94. The van der Waals surface area contributed by atoms with Gasteiger partial charge in [-0.2, -0.15) is 0 Å². The van der Waals surface area contributed by atoms with E-state index >= 15 is 0 Å². The number of hydrogen-bond donors (Lipinski definition) is 4. The molecule has 2 aromatic carbocycles. The molecule has 0 unspecified atom stereocenters.